The van der Waals surface area contributed by atoms with E-state index in [-0.39, 0.29) is 80.8 Å². The Labute approximate surface area is 219 Å². The number of hydrogen-bond donors (Lipinski definition) is 2. The molecule has 0 aromatic carbocycles. The Kier molecular flexibility index (Phi) is 7.75. The molecule has 0 bridgehead atoms. The fourth-order valence-corrected chi connectivity index (χ4v) is 8.71. The van der Waals surface area contributed by atoms with Gasteiger partial charge in [0.2, 0.25) is 0 Å². The largest absolute Gasteiger partial charge is 1.00 e. The van der Waals surface area contributed by atoms with E-state index in [0.717, 1.165) is 32.1 Å². The molecule has 4 nitrogen and oxygen atoms in total. The molecule has 0 amide bonds. The zero-order chi connectivity index (χ0) is 20.3. The zero-order valence-corrected chi connectivity index (χ0v) is 22.0. The van der Waals surface area contributed by atoms with Crippen LogP contribution in [0.2, 0.25) is 0 Å². The van der Waals surface area contributed by atoms with Crippen molar-refractivity contribution in [1.82, 2.24) is 0 Å². The minimum atomic E-state index is -0.957. The van der Waals surface area contributed by atoms with Gasteiger partial charge in [0.1, 0.15) is 0 Å². The van der Waals surface area contributed by atoms with Crippen molar-refractivity contribution in [1.29, 1.82) is 0 Å². The van der Waals surface area contributed by atoms with Crippen LogP contribution in [0.4, 0.5) is 0 Å². The second-order valence-corrected chi connectivity index (χ2v) is 11.3. The van der Waals surface area contributed by atoms with Crippen LogP contribution in [-0.2, 0) is 4.79 Å². The maximum Gasteiger partial charge on any atom is 1.00 e. The van der Waals surface area contributed by atoms with Crippen molar-refractivity contribution < 1.29 is 71.5 Å². The van der Waals surface area contributed by atoms with Crippen molar-refractivity contribution in [2.45, 2.75) is 97.2 Å². The summed E-state index contributed by atoms with van der Waals surface area (Å²) >= 11 is 0. The third-order valence-electron chi connectivity index (χ3n) is 10.3. The van der Waals surface area contributed by atoms with E-state index in [1.807, 2.05) is 0 Å². The first-order valence-electron chi connectivity index (χ1n) is 11.7. The van der Waals surface area contributed by atoms with E-state index in [1.54, 1.807) is 0 Å². The molecule has 29 heavy (non-hydrogen) atoms. The third kappa shape index (κ3) is 4.09. The van der Waals surface area contributed by atoms with Crippen molar-refractivity contribution in [3.8, 4) is 0 Å². The molecule has 5 heteroatoms. The van der Waals surface area contributed by atoms with Gasteiger partial charge >= 0.3 is 51.4 Å². The van der Waals surface area contributed by atoms with Crippen LogP contribution in [0.3, 0.4) is 0 Å². The zero-order valence-electron chi connectivity index (χ0n) is 18.9. The van der Waals surface area contributed by atoms with Gasteiger partial charge in [0.05, 0.1) is 12.2 Å². The molecule has 10 atom stereocenters. The van der Waals surface area contributed by atoms with Gasteiger partial charge in [-0.2, -0.15) is 0 Å². The van der Waals surface area contributed by atoms with Crippen molar-refractivity contribution in [3.05, 3.63) is 0 Å². The summed E-state index contributed by atoms with van der Waals surface area (Å²) in [7, 11) is 0. The minimum absolute atomic E-state index is 0. The molecule has 0 radical (unpaired) electrons. The van der Waals surface area contributed by atoms with Gasteiger partial charge in [0.25, 0.3) is 0 Å². The summed E-state index contributed by atoms with van der Waals surface area (Å²) in [6.45, 7) is 6.94. The predicted molar refractivity (Wildman–Crippen MR) is 106 cm³/mol. The number of aliphatic carboxylic acids is 1. The summed E-state index contributed by atoms with van der Waals surface area (Å²) in [5.74, 6) is 2.19. The normalized spacial score (nSPS) is 49.9. The van der Waals surface area contributed by atoms with Crippen LogP contribution >= 0.6 is 0 Å². The Morgan fingerprint density at radius 2 is 1.79 bits per heavy atom. The van der Waals surface area contributed by atoms with Crippen LogP contribution in [0, 0.1) is 46.3 Å². The fraction of sp³-hybridized carbons (Fsp3) is 0.958. The maximum absolute atomic E-state index is 11.5. The first kappa shape index (κ1) is 24.7. The molecule has 0 unspecified atom stereocenters. The summed E-state index contributed by atoms with van der Waals surface area (Å²) in [4.78, 5) is 10.9. The molecule has 4 saturated carbocycles. The van der Waals surface area contributed by atoms with E-state index in [4.69, 9.17) is 0 Å². The van der Waals surface area contributed by atoms with E-state index in [1.165, 1.54) is 19.3 Å². The Morgan fingerprint density at radius 3 is 2.48 bits per heavy atom. The van der Waals surface area contributed by atoms with E-state index in [2.05, 4.69) is 20.8 Å². The molecular formula is C24H39KO4. The molecule has 4 aliphatic rings. The van der Waals surface area contributed by atoms with Crippen LogP contribution < -0.4 is 56.5 Å². The van der Waals surface area contributed by atoms with Gasteiger partial charge in [-0.25, -0.2) is 0 Å². The SMILES string of the molecule is C[C@H](CCC(=O)[O-])[C@H]1CC[C@H]2[C@@H]3CC[C@@H]4C[C@H](O)CC[C@]4(C)[C@H]3C[C@H](O)[C@]12C.[K+]. The number of carboxylic acids is 1. The standard InChI is InChI=1S/C24H40O4.K/c1-14(4-9-22(27)28)18-7-8-19-17-6-5-15-12-16(25)10-11-23(15,2)20(17)13-21(26)24(18,19)3;/h14-21,25-26H,4-13H2,1-3H3,(H,27,28);/q;+1/p-1/t14-,15-,16-,17+,18-,19+,20+,21+,23+,24-;/m1./s1. The molecule has 0 aliphatic heterocycles. The smallest absolute Gasteiger partial charge is 0.550 e. The second-order valence-electron chi connectivity index (χ2n) is 11.3. The minimum Gasteiger partial charge on any atom is -0.550 e. The number of fused-ring (bicyclic) bond motifs is 5. The molecule has 2 N–H and O–H groups in total. The monoisotopic (exact) mass is 430 g/mol. The number of rotatable bonds is 4. The molecule has 4 aliphatic carbocycles. The maximum atomic E-state index is 11.5. The van der Waals surface area contributed by atoms with Gasteiger partial charge in [-0.15, -0.1) is 0 Å². The predicted octanol–water partition coefficient (Wildman–Crippen LogP) is 0.147. The van der Waals surface area contributed by atoms with Crippen molar-refractivity contribution in [3.63, 3.8) is 0 Å². The average molecular weight is 431 g/mol. The fourth-order valence-electron chi connectivity index (χ4n) is 8.71. The van der Waals surface area contributed by atoms with Crippen molar-refractivity contribution >= 4 is 5.97 Å². The number of carbonyl (C=O) groups is 1. The molecule has 0 heterocycles. The molecular weight excluding hydrogens is 391 g/mol. The Morgan fingerprint density at radius 1 is 1.07 bits per heavy atom. The second kappa shape index (κ2) is 9.11. The molecule has 4 fully saturated rings. The van der Waals surface area contributed by atoms with Gasteiger partial charge in [0.15, 0.2) is 0 Å². The quantitative estimate of drug-likeness (QED) is 0.622. The van der Waals surface area contributed by atoms with Crippen LogP contribution in [0.1, 0.15) is 85.0 Å². The van der Waals surface area contributed by atoms with E-state index >= 15 is 0 Å². The molecule has 4 rings (SSSR count). The van der Waals surface area contributed by atoms with Gasteiger partial charge in [0, 0.05) is 5.97 Å². The number of hydrogen-bond acceptors (Lipinski definition) is 4. The summed E-state index contributed by atoms with van der Waals surface area (Å²) in [5, 5.41) is 32.6. The van der Waals surface area contributed by atoms with Gasteiger partial charge in [-0.3, -0.25) is 0 Å². The molecule has 0 spiro atoms. The Hall–Kier alpha value is 1.03. The van der Waals surface area contributed by atoms with Gasteiger partial charge in [-0.05, 0) is 111 Å². The van der Waals surface area contributed by atoms with Gasteiger partial charge in [-0.1, -0.05) is 20.8 Å². The van der Waals surface area contributed by atoms with Crippen LogP contribution in [0.5, 0.6) is 0 Å². The molecule has 0 saturated heterocycles. The van der Waals surface area contributed by atoms with Crippen LogP contribution in [0.25, 0.3) is 0 Å². The summed E-state index contributed by atoms with van der Waals surface area (Å²) < 4.78 is 0. The molecule has 0 aromatic rings. The Balaban J connectivity index is 0.00000240. The molecule has 0 aromatic heterocycles. The molecule has 160 valence electrons. The number of aliphatic hydroxyl groups excluding tert-OH is 2. The van der Waals surface area contributed by atoms with Crippen molar-refractivity contribution in [2.24, 2.45) is 46.3 Å². The van der Waals surface area contributed by atoms with Crippen LogP contribution in [0.15, 0.2) is 0 Å². The average Bonchev–Trinajstić information content (AvgIpc) is 3.00. The van der Waals surface area contributed by atoms with Crippen molar-refractivity contribution in [2.75, 3.05) is 0 Å². The first-order valence-corrected chi connectivity index (χ1v) is 11.7. The Bertz CT molecular complexity index is 612. The third-order valence-corrected chi connectivity index (χ3v) is 10.3. The first-order chi connectivity index (χ1) is 13.2. The van der Waals surface area contributed by atoms with E-state index < -0.39 is 5.97 Å². The number of carboxylic acid groups (broad SMARTS) is 1. The van der Waals surface area contributed by atoms with E-state index in [0.29, 0.717) is 41.9 Å². The number of aliphatic hydroxyl groups is 2. The topological polar surface area (TPSA) is 80.6 Å². The van der Waals surface area contributed by atoms with E-state index in [9.17, 15) is 20.1 Å². The summed E-state index contributed by atoms with van der Waals surface area (Å²) in [6.07, 6.45) is 8.98. The summed E-state index contributed by atoms with van der Waals surface area (Å²) in [5.41, 5.74) is 0.188. The van der Waals surface area contributed by atoms with Gasteiger partial charge < -0.3 is 20.1 Å². The van der Waals surface area contributed by atoms with Crippen LogP contribution in [-0.4, -0.2) is 28.4 Å². The summed E-state index contributed by atoms with van der Waals surface area (Å²) in [6, 6.07) is 0. The number of carbonyl (C=O) groups excluding carboxylic acids is 1.